The Bertz CT molecular complexity index is 1220. The number of likely N-dealkylation sites (N-methyl/N-ethyl adjacent to an activating group) is 1. The molecule has 0 spiro atoms. The fourth-order valence-electron chi connectivity index (χ4n) is 5.27. The topological polar surface area (TPSA) is 69.2 Å². The summed E-state index contributed by atoms with van der Waals surface area (Å²) in [6.07, 6.45) is 1.30. The van der Waals surface area contributed by atoms with Gasteiger partial charge in [-0.15, -0.1) is 0 Å². The van der Waals surface area contributed by atoms with Gasteiger partial charge >= 0.3 is 0 Å². The Morgan fingerprint density at radius 3 is 2.61 bits per heavy atom. The highest BCUT2D eigenvalue weighted by Crippen LogP contribution is 2.45. The van der Waals surface area contributed by atoms with Crippen LogP contribution in [0.15, 0.2) is 36.9 Å². The zero-order valence-corrected chi connectivity index (χ0v) is 21.9. The van der Waals surface area contributed by atoms with E-state index >= 15 is 0 Å². The molecule has 8 nitrogen and oxygen atoms in total. The molecule has 2 atom stereocenters. The Morgan fingerprint density at radius 1 is 1.14 bits per heavy atom. The maximum atomic E-state index is 14.1. The van der Waals surface area contributed by atoms with Crippen molar-refractivity contribution in [1.29, 1.82) is 0 Å². The predicted molar refractivity (Wildman–Crippen MR) is 141 cm³/mol. The summed E-state index contributed by atoms with van der Waals surface area (Å²) in [6, 6.07) is 7.19. The van der Waals surface area contributed by atoms with Crippen LogP contribution in [0.3, 0.4) is 0 Å². The van der Waals surface area contributed by atoms with Gasteiger partial charge < -0.3 is 24.3 Å². The van der Waals surface area contributed by atoms with Gasteiger partial charge in [0, 0.05) is 50.9 Å². The van der Waals surface area contributed by atoms with Gasteiger partial charge in [-0.25, -0.2) is 4.98 Å². The number of benzene rings is 1. The SMILES string of the molecule is C=CC(=O)N1CCN2C(=O)c3c(N4CCN(C)C[C@@H]4C)nc(-c4ccccc4Cl)c(Cl)c3OC[C@H]2C1. The number of carbonyl (C=O) groups is 2. The normalized spacial score (nSPS) is 22.4. The van der Waals surface area contributed by atoms with Gasteiger partial charge in [0.2, 0.25) is 5.91 Å². The molecule has 1 aromatic carbocycles. The highest BCUT2D eigenvalue weighted by atomic mass is 35.5. The summed E-state index contributed by atoms with van der Waals surface area (Å²) in [4.78, 5) is 39.2. The van der Waals surface area contributed by atoms with Crippen molar-refractivity contribution in [3.05, 3.63) is 52.5 Å². The van der Waals surface area contributed by atoms with Crippen molar-refractivity contribution < 1.29 is 14.3 Å². The van der Waals surface area contributed by atoms with Crippen LogP contribution < -0.4 is 9.64 Å². The van der Waals surface area contributed by atoms with Crippen LogP contribution in [0.4, 0.5) is 5.82 Å². The molecule has 5 rings (SSSR count). The van der Waals surface area contributed by atoms with E-state index in [1.807, 2.05) is 18.2 Å². The van der Waals surface area contributed by atoms with Crippen molar-refractivity contribution in [3.63, 3.8) is 0 Å². The number of carbonyl (C=O) groups excluding carboxylic acids is 2. The molecule has 0 N–H and O–H groups in total. The van der Waals surface area contributed by atoms with Crippen LogP contribution in [0.25, 0.3) is 11.3 Å². The lowest BCUT2D eigenvalue weighted by molar-refractivity contribution is -0.128. The third kappa shape index (κ3) is 4.31. The standard InChI is InChI=1S/C26H29Cl2N5O3/c1-4-20(34)31-10-12-33-17(14-31)15-36-24-21(26(33)35)25(32-11-9-30(3)13-16(32)2)29-23(22(24)28)18-7-5-6-8-19(18)27/h4-8,16-17H,1,9-15H2,2-3H3/t16-,17+/m0/s1. The van der Waals surface area contributed by atoms with Crippen LogP contribution in [-0.4, -0.2) is 96.5 Å². The molecule has 10 heteroatoms. The van der Waals surface area contributed by atoms with Gasteiger partial charge in [0.05, 0.1) is 16.8 Å². The minimum absolute atomic E-state index is 0.120. The van der Waals surface area contributed by atoms with Crippen molar-refractivity contribution in [1.82, 2.24) is 19.7 Å². The molecule has 36 heavy (non-hydrogen) atoms. The first-order valence-electron chi connectivity index (χ1n) is 12.1. The molecule has 0 bridgehead atoms. The highest BCUT2D eigenvalue weighted by Gasteiger charge is 2.41. The average molecular weight is 530 g/mol. The minimum atomic E-state index is -0.305. The Labute approximate surface area is 221 Å². The first kappa shape index (κ1) is 24.9. The number of ether oxygens (including phenoxy) is 1. The van der Waals surface area contributed by atoms with Crippen LogP contribution in [0.5, 0.6) is 5.75 Å². The second kappa shape index (κ2) is 9.92. The summed E-state index contributed by atoms with van der Waals surface area (Å²) in [7, 11) is 2.09. The van der Waals surface area contributed by atoms with Gasteiger partial charge in [-0.1, -0.05) is 48.0 Å². The molecule has 1 aromatic heterocycles. The number of halogens is 2. The van der Waals surface area contributed by atoms with E-state index in [2.05, 4.69) is 30.4 Å². The minimum Gasteiger partial charge on any atom is -0.489 e. The summed E-state index contributed by atoms with van der Waals surface area (Å²) in [5.74, 6) is 0.542. The number of aromatic nitrogens is 1. The summed E-state index contributed by atoms with van der Waals surface area (Å²) in [5.41, 5.74) is 1.53. The molecule has 2 amide bonds. The molecule has 0 aliphatic carbocycles. The summed E-state index contributed by atoms with van der Waals surface area (Å²) >= 11 is 13.5. The van der Waals surface area contributed by atoms with Crippen molar-refractivity contribution in [3.8, 4) is 17.0 Å². The van der Waals surface area contributed by atoms with Crippen LogP contribution >= 0.6 is 23.2 Å². The Morgan fingerprint density at radius 2 is 1.89 bits per heavy atom. The Hall–Kier alpha value is -2.81. The third-order valence-electron chi connectivity index (χ3n) is 7.17. The molecule has 0 saturated carbocycles. The van der Waals surface area contributed by atoms with Crippen molar-refractivity contribution in [2.45, 2.75) is 19.0 Å². The first-order valence-corrected chi connectivity index (χ1v) is 12.8. The number of amides is 2. The molecule has 190 valence electrons. The molecule has 3 aliphatic heterocycles. The molecular weight excluding hydrogens is 501 g/mol. The van der Waals surface area contributed by atoms with Gasteiger partial charge in [-0.05, 0) is 26.1 Å². The summed E-state index contributed by atoms with van der Waals surface area (Å²) < 4.78 is 6.29. The molecule has 2 aromatic rings. The smallest absolute Gasteiger partial charge is 0.261 e. The molecular formula is C26H29Cl2N5O3. The zero-order valence-electron chi connectivity index (χ0n) is 20.4. The Kier molecular flexibility index (Phi) is 6.85. The summed E-state index contributed by atoms with van der Waals surface area (Å²) in [6.45, 7) is 9.50. The van der Waals surface area contributed by atoms with Gasteiger partial charge in [0.25, 0.3) is 5.91 Å². The fraction of sp³-hybridized carbons (Fsp3) is 0.423. The Balaban J connectivity index is 1.64. The monoisotopic (exact) mass is 529 g/mol. The van der Waals surface area contributed by atoms with Crippen molar-refractivity contribution in [2.75, 3.05) is 57.8 Å². The second-order valence-electron chi connectivity index (χ2n) is 9.54. The maximum Gasteiger partial charge on any atom is 0.261 e. The van der Waals surface area contributed by atoms with Gasteiger partial charge in [0.1, 0.15) is 23.0 Å². The number of fused-ring (bicyclic) bond motifs is 2. The van der Waals surface area contributed by atoms with Gasteiger partial charge in [0.15, 0.2) is 5.75 Å². The van der Waals surface area contributed by atoms with Gasteiger partial charge in [-0.2, -0.15) is 0 Å². The van der Waals surface area contributed by atoms with E-state index < -0.39 is 0 Å². The van der Waals surface area contributed by atoms with Crippen LogP contribution in [0, 0.1) is 0 Å². The van der Waals surface area contributed by atoms with Gasteiger partial charge in [-0.3, -0.25) is 9.59 Å². The number of rotatable bonds is 3. The average Bonchev–Trinajstić information content (AvgIpc) is 3.01. The van der Waals surface area contributed by atoms with Crippen LogP contribution in [0.1, 0.15) is 17.3 Å². The fourth-order valence-corrected chi connectivity index (χ4v) is 5.79. The lowest BCUT2D eigenvalue weighted by Crippen LogP contribution is -2.57. The van der Waals surface area contributed by atoms with Crippen LogP contribution in [-0.2, 0) is 4.79 Å². The zero-order chi connectivity index (χ0) is 25.6. The molecule has 2 saturated heterocycles. The van der Waals surface area contributed by atoms with Crippen LogP contribution in [0.2, 0.25) is 10.0 Å². The number of hydrogen-bond donors (Lipinski definition) is 0. The molecule has 3 aliphatic rings. The van der Waals surface area contributed by atoms with E-state index in [4.69, 9.17) is 32.9 Å². The van der Waals surface area contributed by atoms with E-state index in [0.717, 1.165) is 13.1 Å². The predicted octanol–water partition coefficient (Wildman–Crippen LogP) is 3.43. The van der Waals surface area contributed by atoms with E-state index in [0.29, 0.717) is 59.6 Å². The maximum absolute atomic E-state index is 14.1. The molecule has 4 heterocycles. The number of hydrogen-bond acceptors (Lipinski definition) is 6. The van der Waals surface area contributed by atoms with E-state index in [1.54, 1.807) is 15.9 Å². The number of pyridine rings is 1. The third-order valence-corrected chi connectivity index (χ3v) is 7.85. The number of anilines is 1. The number of nitrogens with zero attached hydrogens (tertiary/aromatic N) is 5. The quantitative estimate of drug-likeness (QED) is 0.567. The molecule has 0 radical (unpaired) electrons. The highest BCUT2D eigenvalue weighted by molar-refractivity contribution is 6.37. The molecule has 0 unspecified atom stereocenters. The second-order valence-corrected chi connectivity index (χ2v) is 10.3. The van der Waals surface area contributed by atoms with Crippen molar-refractivity contribution >= 4 is 40.8 Å². The largest absolute Gasteiger partial charge is 0.489 e. The summed E-state index contributed by atoms with van der Waals surface area (Å²) in [5, 5.41) is 0.774. The van der Waals surface area contributed by atoms with E-state index in [9.17, 15) is 9.59 Å². The van der Waals surface area contributed by atoms with Crippen molar-refractivity contribution in [2.24, 2.45) is 0 Å². The molecule has 2 fully saturated rings. The van der Waals surface area contributed by atoms with E-state index in [-0.39, 0.29) is 35.5 Å². The van der Waals surface area contributed by atoms with E-state index in [1.165, 1.54) is 6.08 Å². The first-order chi connectivity index (χ1) is 17.3. The lowest BCUT2D eigenvalue weighted by atomic mass is 10.0. The number of piperazine rings is 2. The lowest BCUT2D eigenvalue weighted by Gasteiger charge is -2.41.